The fraction of sp³-hybridized carbons (Fsp3) is 0.294. The Kier molecular flexibility index (Phi) is 3.86. The van der Waals surface area contributed by atoms with Gasteiger partial charge in [-0.05, 0) is 45.0 Å². The number of rotatable bonds is 2. The zero-order valence-corrected chi connectivity index (χ0v) is 13.8. The number of hydrogen-bond acceptors (Lipinski definition) is 5. The highest BCUT2D eigenvalue weighted by atomic mass is 32.1. The van der Waals surface area contributed by atoms with Crippen molar-refractivity contribution in [2.45, 2.75) is 20.8 Å². The average molecular weight is 310 g/mol. The molecule has 4 nitrogen and oxygen atoms in total. The zero-order chi connectivity index (χ0) is 15.7. The normalized spacial score (nSPS) is 12.4. The Morgan fingerprint density at radius 1 is 1.27 bits per heavy atom. The smallest absolute Gasteiger partial charge is 0.139 e. The summed E-state index contributed by atoms with van der Waals surface area (Å²) in [4.78, 5) is 8.39. The Hall–Kier alpha value is -2.32. The number of aryl methyl sites for hydroxylation is 1. The van der Waals surface area contributed by atoms with Gasteiger partial charge in [0.1, 0.15) is 10.8 Å². The number of thiophene rings is 1. The van der Waals surface area contributed by atoms with Gasteiger partial charge in [-0.15, -0.1) is 11.3 Å². The van der Waals surface area contributed by atoms with E-state index in [-0.39, 0.29) is 0 Å². The first-order valence-electron chi connectivity index (χ1n) is 7.41. The molecule has 0 aliphatic carbocycles. The maximum atomic E-state index is 9.12. The first-order valence-corrected chi connectivity index (χ1v) is 8.23. The van der Waals surface area contributed by atoms with Crippen molar-refractivity contribution in [2.24, 2.45) is 4.99 Å². The van der Waals surface area contributed by atoms with Gasteiger partial charge in [-0.25, -0.2) is 4.99 Å². The van der Waals surface area contributed by atoms with Crippen LogP contribution >= 0.6 is 11.3 Å². The van der Waals surface area contributed by atoms with Crippen LogP contribution in [0.3, 0.4) is 0 Å². The Labute approximate surface area is 134 Å². The van der Waals surface area contributed by atoms with Gasteiger partial charge < -0.3 is 10.2 Å². The maximum absolute atomic E-state index is 9.12. The SMILES string of the molecule is CCN(CC)C1=Nc2cc(C#N)ccc2Nc2sc(C)cc21. The van der Waals surface area contributed by atoms with E-state index in [1.165, 1.54) is 4.88 Å². The van der Waals surface area contributed by atoms with Gasteiger partial charge >= 0.3 is 0 Å². The summed E-state index contributed by atoms with van der Waals surface area (Å²) in [7, 11) is 0. The summed E-state index contributed by atoms with van der Waals surface area (Å²) >= 11 is 1.74. The Morgan fingerprint density at radius 3 is 2.73 bits per heavy atom. The van der Waals surface area contributed by atoms with E-state index in [9.17, 15) is 0 Å². The summed E-state index contributed by atoms with van der Waals surface area (Å²) in [5.41, 5.74) is 3.54. The first kappa shape index (κ1) is 14.6. The quantitative estimate of drug-likeness (QED) is 0.894. The summed E-state index contributed by atoms with van der Waals surface area (Å²) in [5, 5.41) is 13.7. The van der Waals surface area contributed by atoms with Crippen LogP contribution < -0.4 is 5.32 Å². The van der Waals surface area contributed by atoms with E-state index in [0.29, 0.717) is 5.56 Å². The van der Waals surface area contributed by atoms with Crippen molar-refractivity contribution in [2.75, 3.05) is 18.4 Å². The molecule has 112 valence electrons. The molecule has 0 atom stereocenters. The van der Waals surface area contributed by atoms with E-state index in [2.05, 4.69) is 43.1 Å². The predicted octanol–water partition coefficient (Wildman–Crippen LogP) is 4.41. The zero-order valence-electron chi connectivity index (χ0n) is 13.0. The molecular formula is C17H18N4S. The fourth-order valence-corrected chi connectivity index (χ4v) is 3.55. The van der Waals surface area contributed by atoms with Gasteiger partial charge in [0.25, 0.3) is 0 Å². The summed E-state index contributed by atoms with van der Waals surface area (Å²) in [6.45, 7) is 8.18. The molecule has 0 spiro atoms. The summed E-state index contributed by atoms with van der Waals surface area (Å²) in [5.74, 6) is 0.977. The second-order valence-corrected chi connectivity index (χ2v) is 6.43. The lowest BCUT2D eigenvalue weighted by Crippen LogP contribution is -2.31. The van der Waals surface area contributed by atoms with Gasteiger partial charge in [0, 0.05) is 18.0 Å². The predicted molar refractivity (Wildman–Crippen MR) is 92.6 cm³/mol. The average Bonchev–Trinajstić information content (AvgIpc) is 2.82. The molecule has 1 N–H and O–H groups in total. The molecule has 0 saturated heterocycles. The van der Waals surface area contributed by atoms with Crippen LogP contribution in [-0.2, 0) is 0 Å². The number of anilines is 2. The number of nitriles is 1. The lowest BCUT2D eigenvalue weighted by atomic mass is 10.2. The van der Waals surface area contributed by atoms with E-state index in [4.69, 9.17) is 10.3 Å². The molecule has 2 aromatic rings. The van der Waals surface area contributed by atoms with Gasteiger partial charge in [0.2, 0.25) is 0 Å². The van der Waals surface area contributed by atoms with Crippen LogP contribution in [0.2, 0.25) is 0 Å². The molecule has 22 heavy (non-hydrogen) atoms. The topological polar surface area (TPSA) is 51.4 Å². The van der Waals surface area contributed by atoms with Crippen molar-refractivity contribution in [1.82, 2.24) is 4.90 Å². The second-order valence-electron chi connectivity index (χ2n) is 5.18. The van der Waals surface area contributed by atoms with E-state index >= 15 is 0 Å². The largest absolute Gasteiger partial charge is 0.357 e. The molecule has 1 aliphatic heterocycles. The maximum Gasteiger partial charge on any atom is 0.139 e. The van der Waals surface area contributed by atoms with Gasteiger partial charge in [-0.1, -0.05) is 0 Å². The highest BCUT2D eigenvalue weighted by molar-refractivity contribution is 7.16. The van der Waals surface area contributed by atoms with Crippen molar-refractivity contribution < 1.29 is 0 Å². The molecule has 2 heterocycles. The molecule has 0 saturated carbocycles. The number of fused-ring (bicyclic) bond motifs is 2. The third kappa shape index (κ3) is 2.46. The number of nitrogens with one attached hydrogen (secondary N) is 1. The van der Waals surface area contributed by atoms with Crippen molar-refractivity contribution in [1.29, 1.82) is 5.26 Å². The number of aliphatic imine (C=N–C) groups is 1. The van der Waals surface area contributed by atoms with Crippen LogP contribution in [0.4, 0.5) is 16.4 Å². The highest BCUT2D eigenvalue weighted by Crippen LogP contribution is 2.39. The Balaban J connectivity index is 2.22. The van der Waals surface area contributed by atoms with Gasteiger partial charge in [-0.3, -0.25) is 0 Å². The standard InChI is InChI=1S/C17H18N4S/c1-4-21(5-2)16-13-8-11(3)22-17(13)20-14-7-6-12(10-18)9-15(14)19-16/h6-9,20H,4-5H2,1-3H3. The Bertz CT molecular complexity index is 778. The van der Waals surface area contributed by atoms with Crippen LogP contribution in [-0.4, -0.2) is 23.8 Å². The van der Waals surface area contributed by atoms with Crippen molar-refractivity contribution in [3.8, 4) is 6.07 Å². The Morgan fingerprint density at radius 2 is 2.05 bits per heavy atom. The van der Waals surface area contributed by atoms with E-state index < -0.39 is 0 Å². The molecule has 0 bridgehead atoms. The van der Waals surface area contributed by atoms with E-state index in [1.807, 2.05) is 18.2 Å². The van der Waals surface area contributed by atoms with Crippen LogP contribution in [0.15, 0.2) is 29.3 Å². The number of hydrogen-bond donors (Lipinski definition) is 1. The highest BCUT2D eigenvalue weighted by Gasteiger charge is 2.22. The van der Waals surface area contributed by atoms with Crippen molar-refractivity contribution in [3.05, 3.63) is 40.3 Å². The van der Waals surface area contributed by atoms with Crippen molar-refractivity contribution in [3.63, 3.8) is 0 Å². The minimum atomic E-state index is 0.629. The van der Waals surface area contributed by atoms with Crippen LogP contribution in [0, 0.1) is 18.3 Å². The summed E-state index contributed by atoms with van der Waals surface area (Å²) in [6, 6.07) is 9.97. The molecule has 3 rings (SSSR count). The van der Waals surface area contributed by atoms with Gasteiger partial charge in [0.05, 0.1) is 28.6 Å². The van der Waals surface area contributed by atoms with Gasteiger partial charge in [0.15, 0.2) is 0 Å². The molecule has 5 heteroatoms. The minimum absolute atomic E-state index is 0.629. The molecule has 0 amide bonds. The molecule has 1 aromatic carbocycles. The molecular weight excluding hydrogens is 292 g/mol. The monoisotopic (exact) mass is 310 g/mol. The fourth-order valence-electron chi connectivity index (χ4n) is 2.63. The number of amidine groups is 1. The van der Waals surface area contributed by atoms with Crippen LogP contribution in [0.25, 0.3) is 0 Å². The molecule has 1 aliphatic rings. The number of nitrogens with zero attached hydrogens (tertiary/aromatic N) is 3. The van der Waals surface area contributed by atoms with Crippen LogP contribution in [0.5, 0.6) is 0 Å². The third-order valence-electron chi connectivity index (χ3n) is 3.76. The minimum Gasteiger partial charge on any atom is -0.357 e. The van der Waals surface area contributed by atoms with Crippen molar-refractivity contribution >= 4 is 33.5 Å². The van der Waals surface area contributed by atoms with Gasteiger partial charge in [-0.2, -0.15) is 5.26 Å². The lowest BCUT2D eigenvalue weighted by Gasteiger charge is -2.22. The third-order valence-corrected chi connectivity index (χ3v) is 4.73. The van der Waals surface area contributed by atoms with E-state index in [0.717, 1.165) is 40.9 Å². The summed E-state index contributed by atoms with van der Waals surface area (Å²) < 4.78 is 0. The number of benzene rings is 1. The lowest BCUT2D eigenvalue weighted by molar-refractivity contribution is 0.467. The first-order chi connectivity index (χ1) is 10.7. The molecule has 0 radical (unpaired) electrons. The molecule has 1 aromatic heterocycles. The van der Waals surface area contributed by atoms with Crippen LogP contribution in [0.1, 0.15) is 29.9 Å². The van der Waals surface area contributed by atoms with E-state index in [1.54, 1.807) is 11.3 Å². The summed E-state index contributed by atoms with van der Waals surface area (Å²) in [6.07, 6.45) is 0. The molecule has 0 fully saturated rings. The second kappa shape index (κ2) is 5.82. The molecule has 0 unspecified atom stereocenters.